The molecule has 0 bridgehead atoms. The molecule has 0 saturated carbocycles. The predicted molar refractivity (Wildman–Crippen MR) is 127 cm³/mol. The highest BCUT2D eigenvalue weighted by molar-refractivity contribution is 6.30. The molecule has 3 rings (SSSR count). The molecular formula is C25H19ClFN3O4. The summed E-state index contributed by atoms with van der Waals surface area (Å²) >= 11 is 6.07. The second kappa shape index (κ2) is 11.5. The van der Waals surface area contributed by atoms with Crippen LogP contribution in [0.25, 0.3) is 6.08 Å². The summed E-state index contributed by atoms with van der Waals surface area (Å²) in [6.07, 6.45) is 1.29. The van der Waals surface area contributed by atoms with Crippen LogP contribution in [0.5, 0.6) is 11.5 Å². The first-order valence-corrected chi connectivity index (χ1v) is 10.3. The molecule has 2 amide bonds. The lowest BCUT2D eigenvalue weighted by atomic mass is 10.1. The number of halogens is 2. The number of hydrogen-bond donors (Lipinski definition) is 2. The highest BCUT2D eigenvalue weighted by Crippen LogP contribution is 2.26. The summed E-state index contributed by atoms with van der Waals surface area (Å²) in [5.41, 5.74) is 0.981. The maximum absolute atomic E-state index is 13.1. The standard InChI is InChI=1S/C25H19ClFN3O4/c1-33-22-9-7-20(8-10-22)29-24(31)15-34-23-11-2-18(26)13-16(23)12-17(14-28)25(32)30-21-5-3-19(27)4-6-21/h2-13H,15H2,1H3,(H,29,31)(H,30,32)/b17-12+. The lowest BCUT2D eigenvalue weighted by molar-refractivity contribution is -0.118. The molecule has 0 spiro atoms. The molecule has 172 valence electrons. The van der Waals surface area contributed by atoms with Crippen molar-refractivity contribution in [3.63, 3.8) is 0 Å². The van der Waals surface area contributed by atoms with Crippen molar-refractivity contribution in [3.8, 4) is 17.6 Å². The largest absolute Gasteiger partial charge is 0.497 e. The zero-order valence-corrected chi connectivity index (χ0v) is 18.7. The van der Waals surface area contributed by atoms with Crippen molar-refractivity contribution in [1.29, 1.82) is 5.26 Å². The van der Waals surface area contributed by atoms with E-state index >= 15 is 0 Å². The highest BCUT2D eigenvalue weighted by Gasteiger charge is 2.13. The van der Waals surface area contributed by atoms with Crippen LogP contribution >= 0.6 is 11.6 Å². The molecule has 0 aromatic heterocycles. The summed E-state index contributed by atoms with van der Waals surface area (Å²) in [6, 6.07) is 18.3. The first-order valence-electron chi connectivity index (χ1n) is 9.93. The number of carbonyl (C=O) groups excluding carboxylic acids is 2. The molecule has 0 unspecified atom stereocenters. The van der Waals surface area contributed by atoms with E-state index in [0.717, 1.165) is 0 Å². The molecule has 3 aromatic carbocycles. The van der Waals surface area contributed by atoms with Crippen LogP contribution in [0, 0.1) is 17.1 Å². The summed E-state index contributed by atoms with van der Waals surface area (Å²) in [5, 5.41) is 15.0. The molecule has 0 fully saturated rings. The van der Waals surface area contributed by atoms with E-state index in [1.807, 2.05) is 6.07 Å². The van der Waals surface area contributed by atoms with Crippen LogP contribution < -0.4 is 20.1 Å². The number of benzene rings is 3. The van der Waals surface area contributed by atoms with E-state index < -0.39 is 17.6 Å². The quantitative estimate of drug-likeness (QED) is 0.348. The van der Waals surface area contributed by atoms with Crippen LogP contribution in [0.1, 0.15) is 5.56 Å². The van der Waals surface area contributed by atoms with Crippen molar-refractivity contribution < 1.29 is 23.5 Å². The predicted octanol–water partition coefficient (Wildman–Crippen LogP) is 5.05. The number of hydrogen-bond acceptors (Lipinski definition) is 5. The van der Waals surface area contributed by atoms with Gasteiger partial charge >= 0.3 is 0 Å². The van der Waals surface area contributed by atoms with E-state index in [1.165, 1.54) is 42.5 Å². The second-order valence-electron chi connectivity index (χ2n) is 6.88. The SMILES string of the molecule is COc1ccc(NC(=O)COc2ccc(Cl)cc2/C=C(\C#N)C(=O)Nc2ccc(F)cc2)cc1. The Morgan fingerprint density at radius 1 is 1.03 bits per heavy atom. The van der Waals surface area contributed by atoms with Crippen LogP contribution in [-0.2, 0) is 9.59 Å². The smallest absolute Gasteiger partial charge is 0.266 e. The molecule has 0 radical (unpaired) electrons. The van der Waals surface area contributed by atoms with Crippen molar-refractivity contribution >= 4 is 40.9 Å². The Balaban J connectivity index is 1.71. The molecule has 0 atom stereocenters. The van der Waals surface area contributed by atoms with Gasteiger partial charge in [-0.3, -0.25) is 9.59 Å². The van der Waals surface area contributed by atoms with Gasteiger partial charge in [0.15, 0.2) is 6.61 Å². The Morgan fingerprint density at radius 2 is 1.68 bits per heavy atom. The first kappa shape index (κ1) is 24.3. The molecule has 34 heavy (non-hydrogen) atoms. The van der Waals surface area contributed by atoms with E-state index in [2.05, 4.69) is 10.6 Å². The Kier molecular flexibility index (Phi) is 8.21. The molecule has 0 aliphatic carbocycles. The maximum atomic E-state index is 13.1. The summed E-state index contributed by atoms with van der Waals surface area (Å²) in [5.74, 6) is -0.659. The molecule has 2 N–H and O–H groups in total. The van der Waals surface area contributed by atoms with E-state index in [1.54, 1.807) is 37.4 Å². The van der Waals surface area contributed by atoms with E-state index in [9.17, 15) is 19.2 Å². The molecule has 9 heteroatoms. The first-order chi connectivity index (χ1) is 16.4. The summed E-state index contributed by atoms with van der Waals surface area (Å²) < 4.78 is 23.7. The van der Waals surface area contributed by atoms with Gasteiger partial charge in [-0.2, -0.15) is 5.26 Å². The Hall–Kier alpha value is -4.35. The fourth-order valence-electron chi connectivity index (χ4n) is 2.81. The van der Waals surface area contributed by atoms with Gasteiger partial charge in [-0.05, 0) is 72.8 Å². The summed E-state index contributed by atoms with van der Waals surface area (Å²) in [6.45, 7) is -0.321. The van der Waals surface area contributed by atoms with Gasteiger partial charge in [0.1, 0.15) is 29.0 Å². The third kappa shape index (κ3) is 6.82. The molecule has 0 aliphatic rings. The minimum absolute atomic E-state index is 0.237. The van der Waals surface area contributed by atoms with Gasteiger partial charge in [-0.15, -0.1) is 0 Å². The van der Waals surface area contributed by atoms with E-state index in [4.69, 9.17) is 21.1 Å². The number of methoxy groups -OCH3 is 1. The second-order valence-corrected chi connectivity index (χ2v) is 7.31. The number of anilines is 2. The van der Waals surface area contributed by atoms with Gasteiger partial charge in [0, 0.05) is 22.0 Å². The third-order valence-electron chi connectivity index (χ3n) is 4.47. The van der Waals surface area contributed by atoms with Crippen molar-refractivity contribution in [3.05, 3.63) is 88.7 Å². The fraction of sp³-hybridized carbons (Fsp3) is 0.0800. The number of nitrogens with one attached hydrogen (secondary N) is 2. The molecular weight excluding hydrogens is 461 g/mol. The molecule has 0 heterocycles. The van der Waals surface area contributed by atoms with Crippen LogP contribution in [0.3, 0.4) is 0 Å². The van der Waals surface area contributed by atoms with Gasteiger partial charge in [0.25, 0.3) is 11.8 Å². The summed E-state index contributed by atoms with van der Waals surface area (Å²) in [7, 11) is 1.55. The van der Waals surface area contributed by atoms with Gasteiger partial charge in [-0.1, -0.05) is 11.6 Å². The lowest BCUT2D eigenvalue weighted by Crippen LogP contribution is -2.20. The Bertz CT molecular complexity index is 1250. The lowest BCUT2D eigenvalue weighted by Gasteiger charge is -2.11. The third-order valence-corrected chi connectivity index (χ3v) is 4.71. The number of ether oxygens (including phenoxy) is 2. The molecule has 0 aliphatic heterocycles. The summed E-state index contributed by atoms with van der Waals surface area (Å²) in [4.78, 5) is 24.8. The van der Waals surface area contributed by atoms with Crippen LogP contribution in [0.15, 0.2) is 72.3 Å². The Labute approximate surface area is 200 Å². The van der Waals surface area contributed by atoms with Crippen molar-refractivity contribution in [2.75, 3.05) is 24.4 Å². The molecule has 7 nitrogen and oxygen atoms in total. The van der Waals surface area contributed by atoms with Crippen LogP contribution in [0.4, 0.5) is 15.8 Å². The molecule has 3 aromatic rings. The van der Waals surface area contributed by atoms with Crippen LogP contribution in [-0.4, -0.2) is 25.5 Å². The normalized spacial score (nSPS) is 10.7. The van der Waals surface area contributed by atoms with Crippen LogP contribution in [0.2, 0.25) is 5.02 Å². The fourth-order valence-corrected chi connectivity index (χ4v) is 2.99. The zero-order chi connectivity index (χ0) is 24.5. The molecule has 0 saturated heterocycles. The van der Waals surface area contributed by atoms with E-state index in [-0.39, 0.29) is 17.9 Å². The topological polar surface area (TPSA) is 100 Å². The number of rotatable bonds is 8. The Morgan fingerprint density at radius 3 is 2.32 bits per heavy atom. The number of carbonyl (C=O) groups is 2. The minimum Gasteiger partial charge on any atom is -0.497 e. The maximum Gasteiger partial charge on any atom is 0.266 e. The number of nitriles is 1. The average molecular weight is 480 g/mol. The highest BCUT2D eigenvalue weighted by atomic mass is 35.5. The van der Waals surface area contributed by atoms with Crippen molar-refractivity contribution in [2.24, 2.45) is 0 Å². The van der Waals surface area contributed by atoms with Gasteiger partial charge < -0.3 is 20.1 Å². The van der Waals surface area contributed by atoms with Gasteiger partial charge in [0.2, 0.25) is 0 Å². The average Bonchev–Trinajstić information content (AvgIpc) is 2.83. The number of amides is 2. The monoisotopic (exact) mass is 479 g/mol. The van der Waals surface area contributed by atoms with Gasteiger partial charge in [0.05, 0.1) is 7.11 Å². The van der Waals surface area contributed by atoms with Crippen molar-refractivity contribution in [1.82, 2.24) is 0 Å². The zero-order valence-electron chi connectivity index (χ0n) is 18.0. The minimum atomic E-state index is -0.697. The van der Waals surface area contributed by atoms with Gasteiger partial charge in [-0.25, -0.2) is 4.39 Å². The van der Waals surface area contributed by atoms with Crippen molar-refractivity contribution in [2.45, 2.75) is 0 Å². The number of nitrogens with zero attached hydrogens (tertiary/aromatic N) is 1. The van der Waals surface area contributed by atoms with E-state index in [0.29, 0.717) is 27.7 Å².